The zero-order valence-corrected chi connectivity index (χ0v) is 13.6. The molecule has 0 atom stereocenters. The molecule has 0 amide bonds. The minimum absolute atomic E-state index is 0.0337. The smallest absolute Gasteiger partial charge is 0.311 e. The number of carboxylic acids is 1. The predicted octanol–water partition coefficient (Wildman–Crippen LogP) is 0.640. The number of hydrogen-bond donors (Lipinski definition) is 2. The van der Waals surface area contributed by atoms with Crippen LogP contribution in [-0.2, 0) is 19.6 Å². The molecule has 8 nitrogen and oxygen atoms in total. The molecule has 2 rings (SSSR count). The van der Waals surface area contributed by atoms with Gasteiger partial charge in [0, 0.05) is 25.8 Å². The Bertz CT molecular complexity index is 638. The van der Waals surface area contributed by atoms with Crippen molar-refractivity contribution in [2.24, 2.45) is 5.41 Å². The van der Waals surface area contributed by atoms with Crippen LogP contribution in [0, 0.1) is 5.41 Å². The molecule has 0 aliphatic carbocycles. The molecule has 0 bridgehead atoms. The first-order chi connectivity index (χ1) is 10.9. The van der Waals surface area contributed by atoms with Crippen LogP contribution in [0.3, 0.4) is 0 Å². The van der Waals surface area contributed by atoms with Crippen LogP contribution in [0.15, 0.2) is 23.2 Å². The highest BCUT2D eigenvalue weighted by atomic mass is 32.2. The van der Waals surface area contributed by atoms with Crippen molar-refractivity contribution >= 4 is 16.0 Å². The number of nitrogens with one attached hydrogen (secondary N) is 1. The van der Waals surface area contributed by atoms with E-state index >= 15 is 0 Å². The molecule has 2 N–H and O–H groups in total. The standard InChI is InChI=1S/C14H20N2O6S/c1-2-22-12-4-3-11(9-15-12)23(19,20)16-10-14(13(17)18)5-7-21-8-6-14/h3-4,9,16H,2,5-8,10H2,1H3,(H,17,18). The number of ether oxygens (including phenoxy) is 2. The van der Waals surface area contributed by atoms with E-state index in [0.717, 1.165) is 0 Å². The number of aromatic nitrogens is 1. The van der Waals surface area contributed by atoms with Crippen molar-refractivity contribution < 1.29 is 27.8 Å². The average Bonchev–Trinajstić information content (AvgIpc) is 2.55. The molecule has 0 spiro atoms. The average molecular weight is 344 g/mol. The van der Waals surface area contributed by atoms with Crippen LogP contribution in [0.5, 0.6) is 5.88 Å². The lowest BCUT2D eigenvalue weighted by Gasteiger charge is -2.33. The summed E-state index contributed by atoms with van der Waals surface area (Å²) in [6.07, 6.45) is 1.73. The van der Waals surface area contributed by atoms with E-state index in [9.17, 15) is 18.3 Å². The van der Waals surface area contributed by atoms with E-state index in [-0.39, 0.29) is 24.3 Å². The first-order valence-corrected chi connectivity index (χ1v) is 8.78. The van der Waals surface area contributed by atoms with E-state index in [4.69, 9.17) is 9.47 Å². The van der Waals surface area contributed by atoms with Gasteiger partial charge in [-0.3, -0.25) is 4.79 Å². The predicted molar refractivity (Wildman–Crippen MR) is 80.7 cm³/mol. The third-order valence-corrected chi connectivity index (χ3v) is 5.20. The van der Waals surface area contributed by atoms with Crippen molar-refractivity contribution in [3.8, 4) is 5.88 Å². The van der Waals surface area contributed by atoms with Gasteiger partial charge in [0.15, 0.2) is 0 Å². The topological polar surface area (TPSA) is 115 Å². The van der Waals surface area contributed by atoms with Gasteiger partial charge in [-0.15, -0.1) is 0 Å². The Labute approximate surface area is 134 Å². The summed E-state index contributed by atoms with van der Waals surface area (Å²) >= 11 is 0. The molecule has 0 unspecified atom stereocenters. The summed E-state index contributed by atoms with van der Waals surface area (Å²) in [6, 6.07) is 2.83. The quantitative estimate of drug-likeness (QED) is 0.746. The fraction of sp³-hybridized carbons (Fsp3) is 0.571. The highest BCUT2D eigenvalue weighted by Crippen LogP contribution is 2.30. The van der Waals surface area contributed by atoms with E-state index in [1.807, 2.05) is 0 Å². The summed E-state index contributed by atoms with van der Waals surface area (Å²) in [7, 11) is -3.84. The summed E-state index contributed by atoms with van der Waals surface area (Å²) in [6.45, 7) is 2.66. The summed E-state index contributed by atoms with van der Waals surface area (Å²) < 4.78 is 37.3. The number of carboxylic acid groups (broad SMARTS) is 1. The molecular formula is C14H20N2O6S. The van der Waals surface area contributed by atoms with Crippen LogP contribution in [0.2, 0.25) is 0 Å². The maximum absolute atomic E-state index is 12.3. The van der Waals surface area contributed by atoms with Crippen LogP contribution in [0.1, 0.15) is 19.8 Å². The van der Waals surface area contributed by atoms with Crippen LogP contribution >= 0.6 is 0 Å². The van der Waals surface area contributed by atoms with Gasteiger partial charge in [0.25, 0.3) is 0 Å². The lowest BCUT2D eigenvalue weighted by molar-refractivity contribution is -0.154. The van der Waals surface area contributed by atoms with Gasteiger partial charge in [-0.2, -0.15) is 0 Å². The molecule has 2 heterocycles. The molecule has 1 saturated heterocycles. The Hall–Kier alpha value is -1.71. The minimum Gasteiger partial charge on any atom is -0.481 e. The summed E-state index contributed by atoms with van der Waals surface area (Å²) in [5.74, 6) is -0.689. The number of sulfonamides is 1. The normalized spacial score (nSPS) is 17.6. The molecule has 23 heavy (non-hydrogen) atoms. The highest BCUT2D eigenvalue weighted by Gasteiger charge is 2.41. The maximum atomic E-state index is 12.3. The second-order valence-corrected chi connectivity index (χ2v) is 7.05. The Balaban J connectivity index is 2.09. The summed E-state index contributed by atoms with van der Waals surface area (Å²) in [5, 5.41) is 9.43. The minimum atomic E-state index is -3.84. The molecule has 1 fully saturated rings. The fourth-order valence-electron chi connectivity index (χ4n) is 2.30. The molecule has 1 aliphatic heterocycles. The number of hydrogen-bond acceptors (Lipinski definition) is 6. The summed E-state index contributed by atoms with van der Waals surface area (Å²) in [4.78, 5) is 15.4. The van der Waals surface area contributed by atoms with Crippen LogP contribution < -0.4 is 9.46 Å². The van der Waals surface area contributed by atoms with Crippen molar-refractivity contribution in [2.45, 2.75) is 24.7 Å². The molecule has 1 aromatic heterocycles. The monoisotopic (exact) mass is 344 g/mol. The zero-order valence-electron chi connectivity index (χ0n) is 12.8. The summed E-state index contributed by atoms with van der Waals surface area (Å²) in [5.41, 5.74) is -1.13. The SMILES string of the molecule is CCOc1ccc(S(=O)(=O)NCC2(C(=O)O)CCOCC2)cn1. The number of aliphatic carboxylic acids is 1. The first kappa shape index (κ1) is 17.6. The Kier molecular flexibility index (Phi) is 5.55. The molecule has 1 aromatic rings. The Morgan fingerprint density at radius 1 is 1.43 bits per heavy atom. The number of nitrogens with zero attached hydrogens (tertiary/aromatic N) is 1. The molecule has 0 radical (unpaired) electrons. The van der Waals surface area contributed by atoms with Crippen LogP contribution in [-0.4, -0.2) is 50.8 Å². The van der Waals surface area contributed by atoms with Gasteiger partial charge in [-0.05, 0) is 25.8 Å². The third-order valence-electron chi connectivity index (χ3n) is 3.82. The second-order valence-electron chi connectivity index (χ2n) is 5.29. The highest BCUT2D eigenvalue weighted by molar-refractivity contribution is 7.89. The first-order valence-electron chi connectivity index (χ1n) is 7.29. The van der Waals surface area contributed by atoms with Crippen molar-refractivity contribution in [3.05, 3.63) is 18.3 Å². The van der Waals surface area contributed by atoms with E-state index < -0.39 is 21.4 Å². The second kappa shape index (κ2) is 7.24. The van der Waals surface area contributed by atoms with Crippen molar-refractivity contribution in [1.29, 1.82) is 0 Å². The molecule has 9 heteroatoms. The van der Waals surface area contributed by atoms with Crippen molar-refractivity contribution in [1.82, 2.24) is 9.71 Å². The molecule has 128 valence electrons. The Morgan fingerprint density at radius 3 is 2.65 bits per heavy atom. The molecule has 1 aliphatic rings. The number of pyridine rings is 1. The van der Waals surface area contributed by atoms with Gasteiger partial charge < -0.3 is 14.6 Å². The lowest BCUT2D eigenvalue weighted by atomic mass is 9.80. The van der Waals surface area contributed by atoms with Gasteiger partial charge in [-0.1, -0.05) is 0 Å². The number of carbonyl (C=O) groups is 1. The van der Waals surface area contributed by atoms with Crippen molar-refractivity contribution in [2.75, 3.05) is 26.4 Å². The number of rotatable bonds is 7. The van der Waals surface area contributed by atoms with Gasteiger partial charge in [-0.25, -0.2) is 18.1 Å². The maximum Gasteiger partial charge on any atom is 0.311 e. The molecular weight excluding hydrogens is 324 g/mol. The van der Waals surface area contributed by atoms with Gasteiger partial charge in [0.2, 0.25) is 15.9 Å². The van der Waals surface area contributed by atoms with Crippen LogP contribution in [0.25, 0.3) is 0 Å². The van der Waals surface area contributed by atoms with Gasteiger partial charge >= 0.3 is 5.97 Å². The third kappa shape index (κ3) is 4.18. The molecule has 0 saturated carbocycles. The zero-order chi connectivity index (χ0) is 16.9. The van der Waals surface area contributed by atoms with E-state index in [1.54, 1.807) is 6.92 Å². The lowest BCUT2D eigenvalue weighted by Crippen LogP contribution is -2.46. The van der Waals surface area contributed by atoms with E-state index in [0.29, 0.717) is 25.7 Å². The Morgan fingerprint density at radius 2 is 2.13 bits per heavy atom. The van der Waals surface area contributed by atoms with E-state index in [1.165, 1.54) is 18.3 Å². The van der Waals surface area contributed by atoms with Gasteiger partial charge in [0.05, 0.1) is 18.2 Å². The van der Waals surface area contributed by atoms with Crippen molar-refractivity contribution in [3.63, 3.8) is 0 Å². The van der Waals surface area contributed by atoms with E-state index in [2.05, 4.69) is 9.71 Å². The van der Waals surface area contributed by atoms with Crippen LogP contribution in [0.4, 0.5) is 0 Å². The van der Waals surface area contributed by atoms with Gasteiger partial charge in [0.1, 0.15) is 4.90 Å². The fourth-order valence-corrected chi connectivity index (χ4v) is 3.38. The largest absolute Gasteiger partial charge is 0.481 e. The molecule has 0 aromatic carbocycles.